The first kappa shape index (κ1) is 12.7. The highest BCUT2D eigenvalue weighted by Gasteiger charge is 2.08. The van der Waals surface area contributed by atoms with Gasteiger partial charge in [0.25, 0.3) is 0 Å². The van der Waals surface area contributed by atoms with Crippen molar-refractivity contribution in [1.82, 2.24) is 20.3 Å². The number of aliphatic hydroxyl groups is 1. The van der Waals surface area contributed by atoms with E-state index in [0.29, 0.717) is 13.1 Å². The number of nitrogens with zero attached hydrogens (tertiary/aromatic N) is 3. The summed E-state index contributed by atoms with van der Waals surface area (Å²) in [4.78, 5) is 1.63. The van der Waals surface area contributed by atoms with Gasteiger partial charge < -0.3 is 10.4 Å². The third-order valence-electron chi connectivity index (χ3n) is 2.60. The van der Waals surface area contributed by atoms with E-state index >= 15 is 0 Å². The monoisotopic (exact) mass is 246 g/mol. The largest absolute Gasteiger partial charge is 0.392 e. The average Bonchev–Trinajstić information content (AvgIpc) is 2.72. The first-order valence-corrected chi connectivity index (χ1v) is 6.04. The summed E-state index contributed by atoms with van der Waals surface area (Å²) in [6.45, 7) is 4.85. The van der Waals surface area contributed by atoms with Crippen molar-refractivity contribution in [2.75, 3.05) is 6.54 Å². The fraction of sp³-hybridized carbons (Fsp3) is 0.385. The van der Waals surface area contributed by atoms with E-state index in [-0.39, 0.29) is 6.10 Å². The molecule has 1 heterocycles. The van der Waals surface area contributed by atoms with Gasteiger partial charge in [-0.2, -0.15) is 15.0 Å². The minimum atomic E-state index is -0.352. The van der Waals surface area contributed by atoms with Crippen LogP contribution < -0.4 is 5.32 Å². The Morgan fingerprint density at radius 2 is 2.00 bits per heavy atom. The third kappa shape index (κ3) is 3.15. The summed E-state index contributed by atoms with van der Waals surface area (Å²) in [7, 11) is 0. The number of hydrogen-bond acceptors (Lipinski definition) is 4. The van der Waals surface area contributed by atoms with Crippen LogP contribution in [0.5, 0.6) is 0 Å². The highest BCUT2D eigenvalue weighted by atomic mass is 16.3. The van der Waals surface area contributed by atoms with Crippen molar-refractivity contribution in [2.24, 2.45) is 0 Å². The Morgan fingerprint density at radius 1 is 1.28 bits per heavy atom. The number of rotatable bonds is 5. The number of para-hydroxylation sites is 1. The van der Waals surface area contributed by atoms with E-state index in [1.54, 1.807) is 11.7 Å². The SMILES string of the molecule is Cc1nn(-c2ccccc2)nc1CNC[C@@H](C)O. The van der Waals surface area contributed by atoms with Crippen molar-refractivity contribution in [3.63, 3.8) is 0 Å². The maximum absolute atomic E-state index is 9.18. The second kappa shape index (κ2) is 5.75. The molecule has 0 aliphatic carbocycles. The first-order valence-electron chi connectivity index (χ1n) is 6.04. The molecule has 0 unspecified atom stereocenters. The third-order valence-corrected chi connectivity index (χ3v) is 2.60. The quantitative estimate of drug-likeness (QED) is 0.827. The number of aliphatic hydroxyl groups excluding tert-OH is 1. The summed E-state index contributed by atoms with van der Waals surface area (Å²) in [6.07, 6.45) is -0.352. The van der Waals surface area contributed by atoms with Gasteiger partial charge in [-0.1, -0.05) is 18.2 Å². The van der Waals surface area contributed by atoms with E-state index in [1.807, 2.05) is 37.3 Å². The minimum absolute atomic E-state index is 0.352. The fourth-order valence-electron chi connectivity index (χ4n) is 1.65. The van der Waals surface area contributed by atoms with Crippen molar-refractivity contribution in [1.29, 1.82) is 0 Å². The van der Waals surface area contributed by atoms with Gasteiger partial charge in [0.1, 0.15) is 0 Å². The van der Waals surface area contributed by atoms with Gasteiger partial charge in [0, 0.05) is 13.1 Å². The van der Waals surface area contributed by atoms with Crippen LogP contribution in [0.2, 0.25) is 0 Å². The number of aryl methyl sites for hydroxylation is 1. The van der Waals surface area contributed by atoms with Gasteiger partial charge in [-0.15, -0.1) is 0 Å². The van der Waals surface area contributed by atoms with Crippen LogP contribution in [0.4, 0.5) is 0 Å². The molecule has 0 aliphatic heterocycles. The highest BCUT2D eigenvalue weighted by molar-refractivity contribution is 5.29. The Kier molecular flexibility index (Phi) is 4.07. The van der Waals surface area contributed by atoms with Crippen molar-refractivity contribution < 1.29 is 5.11 Å². The zero-order valence-corrected chi connectivity index (χ0v) is 10.7. The predicted octanol–water partition coefficient (Wildman–Crippen LogP) is 1.05. The lowest BCUT2D eigenvalue weighted by molar-refractivity contribution is 0.191. The lowest BCUT2D eigenvalue weighted by atomic mass is 10.3. The van der Waals surface area contributed by atoms with Crippen LogP contribution in [0.3, 0.4) is 0 Å². The maximum atomic E-state index is 9.18. The summed E-state index contributed by atoms with van der Waals surface area (Å²) in [5.41, 5.74) is 2.75. The normalized spacial score (nSPS) is 12.6. The molecule has 96 valence electrons. The van der Waals surface area contributed by atoms with Gasteiger partial charge in [0.05, 0.1) is 23.2 Å². The molecule has 0 spiro atoms. The number of hydrogen-bond donors (Lipinski definition) is 2. The molecule has 5 nitrogen and oxygen atoms in total. The summed E-state index contributed by atoms with van der Waals surface area (Å²) < 4.78 is 0. The molecular weight excluding hydrogens is 228 g/mol. The van der Waals surface area contributed by atoms with E-state index in [2.05, 4.69) is 15.5 Å². The van der Waals surface area contributed by atoms with E-state index in [9.17, 15) is 5.11 Å². The number of aromatic nitrogens is 3. The number of nitrogens with one attached hydrogen (secondary N) is 1. The first-order chi connectivity index (χ1) is 8.66. The molecule has 0 fully saturated rings. The van der Waals surface area contributed by atoms with Gasteiger partial charge >= 0.3 is 0 Å². The van der Waals surface area contributed by atoms with Gasteiger partial charge in [-0.05, 0) is 26.0 Å². The molecule has 2 rings (SSSR count). The van der Waals surface area contributed by atoms with Gasteiger partial charge in [0.2, 0.25) is 0 Å². The Hall–Kier alpha value is -1.72. The van der Waals surface area contributed by atoms with Gasteiger partial charge in [-0.25, -0.2) is 0 Å². The van der Waals surface area contributed by atoms with Crippen molar-refractivity contribution in [3.05, 3.63) is 41.7 Å². The van der Waals surface area contributed by atoms with Crippen molar-refractivity contribution in [2.45, 2.75) is 26.5 Å². The lowest BCUT2D eigenvalue weighted by Crippen LogP contribution is -2.24. The van der Waals surface area contributed by atoms with E-state index in [0.717, 1.165) is 17.1 Å². The second-order valence-corrected chi connectivity index (χ2v) is 4.34. The highest BCUT2D eigenvalue weighted by Crippen LogP contribution is 2.07. The Bertz CT molecular complexity index is 493. The zero-order chi connectivity index (χ0) is 13.0. The van der Waals surface area contributed by atoms with Crippen LogP contribution in [-0.2, 0) is 6.54 Å². The van der Waals surface area contributed by atoms with Crippen LogP contribution in [0, 0.1) is 6.92 Å². The second-order valence-electron chi connectivity index (χ2n) is 4.34. The van der Waals surface area contributed by atoms with Crippen molar-refractivity contribution >= 4 is 0 Å². The van der Waals surface area contributed by atoms with Gasteiger partial charge in [-0.3, -0.25) is 0 Å². The van der Waals surface area contributed by atoms with Crippen LogP contribution in [0.1, 0.15) is 18.3 Å². The molecule has 18 heavy (non-hydrogen) atoms. The maximum Gasteiger partial charge on any atom is 0.0998 e. The molecule has 1 atom stereocenters. The molecule has 1 aromatic heterocycles. The average molecular weight is 246 g/mol. The predicted molar refractivity (Wildman–Crippen MR) is 69.5 cm³/mol. The van der Waals surface area contributed by atoms with E-state index in [1.165, 1.54) is 0 Å². The zero-order valence-electron chi connectivity index (χ0n) is 10.7. The molecule has 0 saturated carbocycles. The van der Waals surface area contributed by atoms with Crippen molar-refractivity contribution in [3.8, 4) is 5.69 Å². The van der Waals surface area contributed by atoms with E-state index < -0.39 is 0 Å². The van der Waals surface area contributed by atoms with Crippen LogP contribution in [-0.4, -0.2) is 32.7 Å². The molecule has 2 N–H and O–H groups in total. The molecule has 0 radical (unpaired) electrons. The summed E-state index contributed by atoms with van der Waals surface area (Å²) >= 11 is 0. The van der Waals surface area contributed by atoms with Crippen LogP contribution in [0.15, 0.2) is 30.3 Å². The molecule has 0 amide bonds. The molecule has 2 aromatic rings. The summed E-state index contributed by atoms with van der Waals surface area (Å²) in [5.74, 6) is 0. The molecule has 5 heteroatoms. The Balaban J connectivity index is 2.08. The molecule has 1 aromatic carbocycles. The van der Waals surface area contributed by atoms with Crippen LogP contribution >= 0.6 is 0 Å². The smallest absolute Gasteiger partial charge is 0.0998 e. The summed E-state index contributed by atoms with van der Waals surface area (Å²) in [6, 6.07) is 9.81. The Morgan fingerprint density at radius 3 is 2.67 bits per heavy atom. The minimum Gasteiger partial charge on any atom is -0.392 e. The van der Waals surface area contributed by atoms with Gasteiger partial charge in [0.15, 0.2) is 0 Å². The molecule has 0 aliphatic rings. The number of benzene rings is 1. The van der Waals surface area contributed by atoms with Crippen LogP contribution in [0.25, 0.3) is 5.69 Å². The molecule has 0 saturated heterocycles. The molecular formula is C13H18N4O. The molecule has 0 bridgehead atoms. The standard InChI is InChI=1S/C13H18N4O/c1-10(18)8-14-9-13-11(2)15-17(16-13)12-6-4-3-5-7-12/h3-7,10,14,18H,8-9H2,1-2H3/t10-/m1/s1. The lowest BCUT2D eigenvalue weighted by Gasteiger charge is -2.04. The Labute approximate surface area is 106 Å². The summed E-state index contributed by atoms with van der Waals surface area (Å²) in [5, 5.41) is 21.1. The fourth-order valence-corrected chi connectivity index (χ4v) is 1.65. The van der Waals surface area contributed by atoms with E-state index in [4.69, 9.17) is 0 Å². The topological polar surface area (TPSA) is 63.0 Å².